The molecule has 0 spiro atoms. The quantitative estimate of drug-likeness (QED) is 0.574. The van der Waals surface area contributed by atoms with Crippen molar-refractivity contribution in [2.24, 2.45) is 5.73 Å². The average Bonchev–Trinajstić information content (AvgIpc) is 2.46. The number of anilines is 1. The molecule has 0 heterocycles. The zero-order valence-electron chi connectivity index (χ0n) is 10.9. The minimum Gasteiger partial charge on any atom is -0.508 e. The van der Waals surface area contributed by atoms with Crippen molar-refractivity contribution >= 4 is 17.3 Å². The monoisotopic (exact) mass is 287 g/mol. The first kappa shape index (κ1) is 14.3. The zero-order valence-corrected chi connectivity index (χ0v) is 10.9. The number of nitrogens with one attached hydrogen (secondary N) is 1. The largest absolute Gasteiger partial charge is 0.508 e. The van der Waals surface area contributed by atoms with Crippen LogP contribution in [0.5, 0.6) is 5.75 Å². The van der Waals surface area contributed by atoms with E-state index in [0.717, 1.165) is 11.6 Å². The number of nitrogens with two attached hydrogens (primary N) is 1. The number of nitro groups is 1. The van der Waals surface area contributed by atoms with Gasteiger partial charge in [0.15, 0.2) is 0 Å². The molecule has 0 unspecified atom stereocenters. The third-order valence-corrected chi connectivity index (χ3v) is 2.90. The number of rotatable bonds is 5. The number of nitro benzene ring substituents is 1. The molecular weight excluding hydrogens is 274 g/mol. The average molecular weight is 287 g/mol. The fourth-order valence-electron chi connectivity index (χ4n) is 1.80. The molecule has 0 radical (unpaired) electrons. The molecule has 7 nitrogen and oxygen atoms in total. The highest BCUT2D eigenvalue weighted by molar-refractivity contribution is 5.94. The molecule has 0 saturated carbocycles. The van der Waals surface area contributed by atoms with Gasteiger partial charge in [0.2, 0.25) is 5.91 Å². The number of carbonyl (C=O) groups excluding carboxylic acids is 1. The Morgan fingerprint density at radius 3 is 2.48 bits per heavy atom. The van der Waals surface area contributed by atoms with E-state index >= 15 is 0 Å². The SMILES string of the molecule is NC(=O)c1ccc(NCc2ccc(O)cc2)c([N+](=O)[O-])c1. The van der Waals surface area contributed by atoms with Crippen LogP contribution < -0.4 is 11.1 Å². The number of hydrogen-bond acceptors (Lipinski definition) is 5. The van der Waals surface area contributed by atoms with Gasteiger partial charge in [-0.05, 0) is 29.8 Å². The van der Waals surface area contributed by atoms with Crippen LogP contribution in [0.25, 0.3) is 0 Å². The van der Waals surface area contributed by atoms with Gasteiger partial charge in [-0.15, -0.1) is 0 Å². The van der Waals surface area contributed by atoms with E-state index in [0.29, 0.717) is 6.54 Å². The fourth-order valence-corrected chi connectivity index (χ4v) is 1.80. The molecule has 7 heteroatoms. The van der Waals surface area contributed by atoms with E-state index in [1.165, 1.54) is 24.3 Å². The maximum Gasteiger partial charge on any atom is 0.293 e. The zero-order chi connectivity index (χ0) is 15.4. The number of hydrogen-bond donors (Lipinski definition) is 3. The van der Waals surface area contributed by atoms with Crippen molar-refractivity contribution in [2.75, 3.05) is 5.32 Å². The first-order valence-corrected chi connectivity index (χ1v) is 6.07. The molecule has 0 atom stereocenters. The molecule has 0 aliphatic heterocycles. The number of phenols is 1. The van der Waals surface area contributed by atoms with Crippen LogP contribution in [0.4, 0.5) is 11.4 Å². The predicted molar refractivity (Wildman–Crippen MR) is 77.0 cm³/mol. The lowest BCUT2D eigenvalue weighted by molar-refractivity contribution is -0.384. The summed E-state index contributed by atoms with van der Waals surface area (Å²) < 4.78 is 0. The molecule has 0 aromatic heterocycles. The van der Waals surface area contributed by atoms with Crippen molar-refractivity contribution in [3.63, 3.8) is 0 Å². The summed E-state index contributed by atoms with van der Waals surface area (Å²) in [5.74, 6) is -0.571. The smallest absolute Gasteiger partial charge is 0.293 e. The number of amides is 1. The highest BCUT2D eigenvalue weighted by atomic mass is 16.6. The number of aromatic hydroxyl groups is 1. The summed E-state index contributed by atoms with van der Waals surface area (Å²) in [6.07, 6.45) is 0. The molecule has 0 saturated heterocycles. The summed E-state index contributed by atoms with van der Waals surface area (Å²) >= 11 is 0. The fraction of sp³-hybridized carbons (Fsp3) is 0.0714. The molecule has 0 aliphatic rings. The Hall–Kier alpha value is -3.09. The number of primary amides is 1. The molecule has 2 aromatic carbocycles. The Balaban J connectivity index is 2.21. The first-order valence-electron chi connectivity index (χ1n) is 6.07. The van der Waals surface area contributed by atoms with Crippen LogP contribution in [0, 0.1) is 10.1 Å². The van der Waals surface area contributed by atoms with E-state index in [4.69, 9.17) is 5.73 Å². The Labute approximate surface area is 120 Å². The van der Waals surface area contributed by atoms with Crippen LogP contribution in [0.15, 0.2) is 42.5 Å². The first-order chi connectivity index (χ1) is 9.97. The van der Waals surface area contributed by atoms with Crippen LogP contribution in [0.2, 0.25) is 0 Å². The van der Waals surface area contributed by atoms with Crippen LogP contribution in [-0.2, 0) is 6.54 Å². The highest BCUT2D eigenvalue weighted by Crippen LogP contribution is 2.26. The maximum absolute atomic E-state index is 11.1. The standard InChI is InChI=1S/C14H13N3O4/c15-14(19)10-3-6-12(13(7-10)17(20)21)16-8-9-1-4-11(18)5-2-9/h1-7,16,18H,8H2,(H2,15,19). The van der Waals surface area contributed by atoms with Crippen molar-refractivity contribution in [2.45, 2.75) is 6.54 Å². The molecule has 2 aromatic rings. The molecule has 0 aliphatic carbocycles. The van der Waals surface area contributed by atoms with Crippen molar-refractivity contribution in [1.82, 2.24) is 0 Å². The topological polar surface area (TPSA) is 118 Å². The molecule has 108 valence electrons. The second-order valence-electron chi connectivity index (χ2n) is 4.37. The van der Waals surface area contributed by atoms with E-state index in [-0.39, 0.29) is 22.7 Å². The minimum atomic E-state index is -0.719. The van der Waals surface area contributed by atoms with E-state index in [1.54, 1.807) is 12.1 Å². The van der Waals surface area contributed by atoms with Gasteiger partial charge in [-0.1, -0.05) is 12.1 Å². The third-order valence-electron chi connectivity index (χ3n) is 2.90. The molecule has 0 bridgehead atoms. The second-order valence-corrected chi connectivity index (χ2v) is 4.37. The van der Waals surface area contributed by atoms with Crippen LogP contribution in [0.3, 0.4) is 0 Å². The van der Waals surface area contributed by atoms with Crippen molar-refractivity contribution in [3.05, 3.63) is 63.7 Å². The molecule has 21 heavy (non-hydrogen) atoms. The van der Waals surface area contributed by atoms with Gasteiger partial charge in [0.05, 0.1) is 4.92 Å². The third kappa shape index (κ3) is 3.47. The van der Waals surface area contributed by atoms with Crippen LogP contribution in [-0.4, -0.2) is 15.9 Å². The molecule has 0 fully saturated rings. The van der Waals surface area contributed by atoms with Gasteiger partial charge in [-0.2, -0.15) is 0 Å². The Morgan fingerprint density at radius 1 is 1.24 bits per heavy atom. The van der Waals surface area contributed by atoms with E-state index in [9.17, 15) is 20.0 Å². The molecular formula is C14H13N3O4. The van der Waals surface area contributed by atoms with E-state index in [2.05, 4.69) is 5.32 Å². The van der Waals surface area contributed by atoms with E-state index in [1.807, 2.05) is 0 Å². The summed E-state index contributed by atoms with van der Waals surface area (Å²) in [7, 11) is 0. The van der Waals surface area contributed by atoms with Gasteiger partial charge in [0.25, 0.3) is 5.69 Å². The van der Waals surface area contributed by atoms with Gasteiger partial charge < -0.3 is 16.2 Å². The Bertz CT molecular complexity index is 683. The van der Waals surface area contributed by atoms with Crippen molar-refractivity contribution in [1.29, 1.82) is 0 Å². The minimum absolute atomic E-state index is 0.0804. The van der Waals surface area contributed by atoms with E-state index < -0.39 is 10.8 Å². The number of carbonyl (C=O) groups is 1. The summed E-state index contributed by atoms with van der Waals surface area (Å²) in [5, 5.41) is 23.1. The molecule has 1 amide bonds. The predicted octanol–water partition coefficient (Wildman–Crippen LogP) is 2.01. The van der Waals surface area contributed by atoms with Gasteiger partial charge in [0.1, 0.15) is 11.4 Å². The lowest BCUT2D eigenvalue weighted by atomic mass is 10.1. The summed E-state index contributed by atoms with van der Waals surface area (Å²) in [4.78, 5) is 21.5. The van der Waals surface area contributed by atoms with Crippen molar-refractivity contribution in [3.8, 4) is 5.75 Å². The lowest BCUT2D eigenvalue weighted by Gasteiger charge is -2.08. The van der Waals surface area contributed by atoms with Gasteiger partial charge in [0, 0.05) is 18.2 Å². The van der Waals surface area contributed by atoms with Crippen LogP contribution >= 0.6 is 0 Å². The Morgan fingerprint density at radius 2 is 1.90 bits per heavy atom. The number of nitrogens with zero attached hydrogens (tertiary/aromatic N) is 1. The summed E-state index contributed by atoms with van der Waals surface area (Å²) in [5.41, 5.74) is 6.11. The summed E-state index contributed by atoms with van der Waals surface area (Å²) in [6.45, 7) is 0.344. The number of benzene rings is 2. The van der Waals surface area contributed by atoms with Gasteiger partial charge >= 0.3 is 0 Å². The van der Waals surface area contributed by atoms with Gasteiger partial charge in [-0.3, -0.25) is 14.9 Å². The maximum atomic E-state index is 11.1. The lowest BCUT2D eigenvalue weighted by Crippen LogP contribution is -2.12. The normalized spacial score (nSPS) is 10.1. The second kappa shape index (κ2) is 5.91. The number of phenolic OH excluding ortho intramolecular Hbond substituents is 1. The van der Waals surface area contributed by atoms with Crippen molar-refractivity contribution < 1.29 is 14.8 Å². The van der Waals surface area contributed by atoms with Gasteiger partial charge in [-0.25, -0.2) is 0 Å². The molecule has 4 N–H and O–H groups in total. The highest BCUT2D eigenvalue weighted by Gasteiger charge is 2.16. The van der Waals surface area contributed by atoms with Crippen LogP contribution in [0.1, 0.15) is 15.9 Å². The molecule has 2 rings (SSSR count). The Kier molecular flexibility index (Phi) is 4.03. The summed E-state index contributed by atoms with van der Waals surface area (Å²) in [6, 6.07) is 10.5.